The van der Waals surface area contributed by atoms with Crippen LogP contribution in [0.3, 0.4) is 0 Å². The van der Waals surface area contributed by atoms with E-state index in [2.05, 4.69) is 0 Å². The van der Waals surface area contributed by atoms with Crippen LogP contribution >= 0.6 is 0 Å². The summed E-state index contributed by atoms with van der Waals surface area (Å²) in [6, 6.07) is 10.8. The van der Waals surface area contributed by atoms with E-state index in [0.717, 1.165) is 11.6 Å². The van der Waals surface area contributed by atoms with Gasteiger partial charge in [0.25, 0.3) is 0 Å². The number of halogens is 2. The smallest absolute Gasteiger partial charge is 0.410 e. The van der Waals surface area contributed by atoms with Crippen LogP contribution in [0.25, 0.3) is 0 Å². The molecule has 1 unspecified atom stereocenters. The maximum atomic E-state index is 14.5. The molecule has 0 aromatic heterocycles. The Morgan fingerprint density at radius 3 is 2.52 bits per heavy atom. The minimum atomic E-state index is -0.931. The summed E-state index contributed by atoms with van der Waals surface area (Å²) in [4.78, 5) is 27.1. The van der Waals surface area contributed by atoms with E-state index in [9.17, 15) is 18.4 Å². The number of piperidine rings is 1. The normalized spacial score (nSPS) is 16.7. The lowest BCUT2D eigenvalue weighted by molar-refractivity contribution is 0.0171. The Hall–Kier alpha value is -2.96. The molecule has 1 amide bonds. The SMILES string of the molecule is CC(C)(C)OC(=O)N1CCCC(C(=O)c2cc(F)cc(F)c2OCc2ccccc2)C1. The fourth-order valence-corrected chi connectivity index (χ4v) is 3.52. The highest BCUT2D eigenvalue weighted by Crippen LogP contribution is 2.31. The van der Waals surface area contributed by atoms with Crippen LogP contribution in [0.5, 0.6) is 5.75 Å². The lowest BCUT2D eigenvalue weighted by Crippen LogP contribution is -2.44. The van der Waals surface area contributed by atoms with Gasteiger partial charge < -0.3 is 14.4 Å². The Morgan fingerprint density at radius 2 is 1.84 bits per heavy atom. The molecular weight excluding hydrogens is 404 g/mol. The minimum absolute atomic E-state index is 0.0401. The minimum Gasteiger partial charge on any atom is -0.485 e. The van der Waals surface area contributed by atoms with E-state index in [1.807, 2.05) is 30.3 Å². The molecule has 1 heterocycles. The molecule has 0 N–H and O–H groups in total. The molecule has 0 radical (unpaired) electrons. The maximum absolute atomic E-state index is 14.5. The van der Waals surface area contributed by atoms with Gasteiger partial charge in [-0.1, -0.05) is 30.3 Å². The summed E-state index contributed by atoms with van der Waals surface area (Å²) in [5.41, 5.74) is -0.0131. The van der Waals surface area contributed by atoms with Crippen molar-refractivity contribution < 1.29 is 27.8 Å². The summed E-state index contributed by atoms with van der Waals surface area (Å²) < 4.78 is 39.5. The Kier molecular flexibility index (Phi) is 6.93. The number of Topliss-reactive ketones (excluding diaryl/α,β-unsaturated/α-hetero) is 1. The fourth-order valence-electron chi connectivity index (χ4n) is 3.52. The van der Waals surface area contributed by atoms with Crippen molar-refractivity contribution in [2.24, 2.45) is 5.92 Å². The number of nitrogens with zero attached hydrogens (tertiary/aromatic N) is 1. The molecule has 0 spiro atoms. The van der Waals surface area contributed by atoms with E-state index in [1.165, 1.54) is 4.90 Å². The molecule has 1 fully saturated rings. The average Bonchev–Trinajstić information content (AvgIpc) is 2.71. The number of hydrogen-bond acceptors (Lipinski definition) is 4. The highest BCUT2D eigenvalue weighted by molar-refractivity contribution is 6.00. The number of likely N-dealkylation sites (tertiary alicyclic amines) is 1. The van der Waals surface area contributed by atoms with E-state index in [4.69, 9.17) is 9.47 Å². The van der Waals surface area contributed by atoms with E-state index in [0.29, 0.717) is 25.5 Å². The first kappa shape index (κ1) is 22.7. The Balaban J connectivity index is 1.79. The van der Waals surface area contributed by atoms with Gasteiger partial charge in [-0.25, -0.2) is 13.6 Å². The Labute approximate surface area is 181 Å². The topological polar surface area (TPSA) is 55.8 Å². The van der Waals surface area contributed by atoms with E-state index < -0.39 is 35.0 Å². The van der Waals surface area contributed by atoms with E-state index in [1.54, 1.807) is 20.8 Å². The van der Waals surface area contributed by atoms with Crippen molar-refractivity contribution in [1.82, 2.24) is 4.90 Å². The molecule has 7 heteroatoms. The standard InChI is InChI=1S/C24H27F2NO4/c1-24(2,3)31-23(29)27-11-7-10-17(14-27)21(28)19-12-18(25)13-20(26)22(19)30-15-16-8-5-4-6-9-16/h4-6,8-9,12-13,17H,7,10-11,14-15H2,1-3H3. The van der Waals surface area contributed by atoms with Gasteiger partial charge >= 0.3 is 6.09 Å². The zero-order valence-electron chi connectivity index (χ0n) is 18.0. The van der Waals surface area contributed by atoms with Gasteiger partial charge in [0, 0.05) is 25.1 Å². The van der Waals surface area contributed by atoms with Gasteiger partial charge in [-0.05, 0) is 45.2 Å². The van der Waals surface area contributed by atoms with Crippen LogP contribution in [-0.2, 0) is 11.3 Å². The van der Waals surface area contributed by atoms with E-state index in [-0.39, 0.29) is 24.5 Å². The first-order valence-electron chi connectivity index (χ1n) is 10.3. The summed E-state index contributed by atoms with van der Waals surface area (Å²) in [6.45, 7) is 5.94. The van der Waals surface area contributed by atoms with E-state index >= 15 is 0 Å². The molecule has 1 aliphatic heterocycles. The number of ether oxygens (including phenoxy) is 2. The average molecular weight is 431 g/mol. The van der Waals surface area contributed by atoms with Crippen LogP contribution in [-0.4, -0.2) is 35.5 Å². The van der Waals surface area contributed by atoms with Crippen molar-refractivity contribution in [1.29, 1.82) is 0 Å². The summed E-state index contributed by atoms with van der Waals surface area (Å²) in [6.07, 6.45) is 0.596. The summed E-state index contributed by atoms with van der Waals surface area (Å²) in [5.74, 6) is -3.10. The van der Waals surface area contributed by atoms with Crippen molar-refractivity contribution in [3.8, 4) is 5.75 Å². The van der Waals surface area contributed by atoms with Crippen LogP contribution in [0.4, 0.5) is 13.6 Å². The van der Waals surface area contributed by atoms with Gasteiger partial charge in [-0.3, -0.25) is 4.79 Å². The lowest BCUT2D eigenvalue weighted by atomic mass is 9.89. The third-order valence-electron chi connectivity index (χ3n) is 4.94. The molecule has 5 nitrogen and oxygen atoms in total. The largest absolute Gasteiger partial charge is 0.485 e. The predicted molar refractivity (Wildman–Crippen MR) is 112 cm³/mol. The molecular formula is C24H27F2NO4. The maximum Gasteiger partial charge on any atom is 0.410 e. The summed E-state index contributed by atoms with van der Waals surface area (Å²) in [7, 11) is 0. The van der Waals surface area contributed by atoms with Gasteiger partial charge in [0.05, 0.1) is 5.56 Å². The molecule has 2 aromatic rings. The van der Waals surface area contributed by atoms with Gasteiger partial charge in [-0.15, -0.1) is 0 Å². The molecule has 0 aliphatic carbocycles. The monoisotopic (exact) mass is 431 g/mol. The number of amides is 1. The first-order valence-corrected chi connectivity index (χ1v) is 10.3. The van der Waals surface area contributed by atoms with Crippen molar-refractivity contribution in [3.63, 3.8) is 0 Å². The second-order valence-corrected chi connectivity index (χ2v) is 8.67. The van der Waals surface area contributed by atoms with Crippen molar-refractivity contribution in [2.45, 2.75) is 45.8 Å². The Morgan fingerprint density at radius 1 is 1.13 bits per heavy atom. The number of benzene rings is 2. The van der Waals surface area contributed by atoms with Crippen LogP contribution in [0.1, 0.15) is 49.5 Å². The molecule has 166 valence electrons. The zero-order valence-corrected chi connectivity index (χ0v) is 18.0. The number of carbonyl (C=O) groups excluding carboxylic acids is 2. The van der Waals surface area contributed by atoms with Crippen LogP contribution in [0.15, 0.2) is 42.5 Å². The van der Waals surface area contributed by atoms with Crippen molar-refractivity contribution in [3.05, 3.63) is 65.2 Å². The Bertz CT molecular complexity index is 941. The van der Waals surface area contributed by atoms with Gasteiger partial charge in [-0.2, -0.15) is 0 Å². The molecule has 3 rings (SSSR count). The van der Waals surface area contributed by atoms with Crippen LogP contribution in [0.2, 0.25) is 0 Å². The highest BCUT2D eigenvalue weighted by Gasteiger charge is 2.33. The number of hydrogen-bond donors (Lipinski definition) is 0. The van der Waals surface area contributed by atoms with Crippen molar-refractivity contribution in [2.75, 3.05) is 13.1 Å². The molecule has 0 bridgehead atoms. The second kappa shape index (κ2) is 9.45. The molecule has 1 aliphatic rings. The molecule has 1 saturated heterocycles. The second-order valence-electron chi connectivity index (χ2n) is 8.67. The lowest BCUT2D eigenvalue weighted by Gasteiger charge is -2.33. The third kappa shape index (κ3) is 6.03. The summed E-state index contributed by atoms with van der Waals surface area (Å²) >= 11 is 0. The zero-order chi connectivity index (χ0) is 22.6. The van der Waals surface area contributed by atoms with Gasteiger partial charge in [0.1, 0.15) is 18.0 Å². The molecule has 1 atom stereocenters. The molecule has 2 aromatic carbocycles. The number of rotatable bonds is 5. The van der Waals surface area contributed by atoms with Crippen LogP contribution in [0, 0.1) is 17.6 Å². The van der Waals surface area contributed by atoms with Gasteiger partial charge in [0.2, 0.25) is 0 Å². The number of carbonyl (C=O) groups is 2. The van der Waals surface area contributed by atoms with Crippen molar-refractivity contribution >= 4 is 11.9 Å². The number of ketones is 1. The highest BCUT2D eigenvalue weighted by atomic mass is 19.1. The first-order chi connectivity index (χ1) is 14.6. The van der Waals surface area contributed by atoms with Crippen LogP contribution < -0.4 is 4.74 Å². The third-order valence-corrected chi connectivity index (χ3v) is 4.94. The predicted octanol–water partition coefficient (Wildman–Crippen LogP) is 5.37. The van der Waals surface area contributed by atoms with Gasteiger partial charge in [0.15, 0.2) is 17.3 Å². The quantitative estimate of drug-likeness (QED) is 0.597. The summed E-state index contributed by atoms with van der Waals surface area (Å²) in [5, 5.41) is 0. The fraction of sp³-hybridized carbons (Fsp3) is 0.417. The molecule has 31 heavy (non-hydrogen) atoms. The molecule has 0 saturated carbocycles.